The van der Waals surface area contributed by atoms with Gasteiger partial charge in [-0.3, -0.25) is 9.59 Å². The van der Waals surface area contributed by atoms with E-state index in [0.717, 1.165) is 18.4 Å². The molecular formula is C20H30N2O4. The fourth-order valence-corrected chi connectivity index (χ4v) is 3.36. The van der Waals surface area contributed by atoms with Crippen LogP contribution in [0.3, 0.4) is 0 Å². The van der Waals surface area contributed by atoms with Gasteiger partial charge in [0.15, 0.2) is 0 Å². The second-order valence-electron chi connectivity index (χ2n) is 7.04. The molecule has 0 aromatic heterocycles. The largest absolute Gasteiger partial charge is 0.497 e. The lowest BCUT2D eigenvalue weighted by Gasteiger charge is -2.36. The van der Waals surface area contributed by atoms with E-state index in [-0.39, 0.29) is 23.8 Å². The molecule has 0 saturated carbocycles. The summed E-state index contributed by atoms with van der Waals surface area (Å²) in [6, 6.07) is 4.84. The Morgan fingerprint density at radius 2 is 1.88 bits per heavy atom. The molecule has 0 radical (unpaired) electrons. The van der Waals surface area contributed by atoms with Gasteiger partial charge in [0.05, 0.1) is 20.3 Å². The standard InChI is InChI=1S/C20H30N2O4/c1-13(2)20(24)22-11-7-6-8-17(22)19(23)21-14(3)16-12-15(25-4)9-10-18(16)26-5/h9-10,12-14,17H,6-8,11H2,1-5H3,(H,21,23)/t14-,17+/m1/s1. The van der Waals surface area contributed by atoms with Gasteiger partial charge in [0.2, 0.25) is 11.8 Å². The summed E-state index contributed by atoms with van der Waals surface area (Å²) in [5.74, 6) is 1.21. The van der Waals surface area contributed by atoms with Gasteiger partial charge in [-0.1, -0.05) is 13.8 Å². The Morgan fingerprint density at radius 1 is 1.15 bits per heavy atom. The lowest BCUT2D eigenvalue weighted by Crippen LogP contribution is -2.53. The van der Waals surface area contributed by atoms with Gasteiger partial charge in [0.1, 0.15) is 17.5 Å². The second-order valence-corrected chi connectivity index (χ2v) is 7.04. The Morgan fingerprint density at radius 3 is 2.50 bits per heavy atom. The zero-order valence-corrected chi connectivity index (χ0v) is 16.4. The van der Waals surface area contributed by atoms with Crippen LogP contribution in [-0.2, 0) is 9.59 Å². The van der Waals surface area contributed by atoms with Crippen LogP contribution in [-0.4, -0.2) is 43.5 Å². The number of likely N-dealkylation sites (tertiary alicyclic amines) is 1. The summed E-state index contributed by atoms with van der Waals surface area (Å²) in [5, 5.41) is 3.05. The summed E-state index contributed by atoms with van der Waals surface area (Å²) in [7, 11) is 3.20. The summed E-state index contributed by atoms with van der Waals surface area (Å²) in [4.78, 5) is 27.1. The average Bonchev–Trinajstić information content (AvgIpc) is 2.66. The highest BCUT2D eigenvalue weighted by atomic mass is 16.5. The minimum atomic E-state index is -0.405. The van der Waals surface area contributed by atoms with Gasteiger partial charge in [0, 0.05) is 18.0 Å². The number of hydrogen-bond donors (Lipinski definition) is 1. The highest BCUT2D eigenvalue weighted by molar-refractivity contribution is 5.88. The molecule has 0 bridgehead atoms. The van der Waals surface area contributed by atoms with Crippen LogP contribution in [0.5, 0.6) is 11.5 Å². The Balaban J connectivity index is 2.16. The second kappa shape index (κ2) is 8.92. The van der Waals surface area contributed by atoms with Crippen LogP contribution in [0.25, 0.3) is 0 Å². The number of rotatable bonds is 6. The van der Waals surface area contributed by atoms with Crippen LogP contribution in [0.1, 0.15) is 51.6 Å². The fourth-order valence-electron chi connectivity index (χ4n) is 3.36. The summed E-state index contributed by atoms with van der Waals surface area (Å²) in [6.07, 6.45) is 2.60. The summed E-state index contributed by atoms with van der Waals surface area (Å²) in [5.41, 5.74) is 0.845. The van der Waals surface area contributed by atoms with Gasteiger partial charge >= 0.3 is 0 Å². The highest BCUT2D eigenvalue weighted by Crippen LogP contribution is 2.30. The highest BCUT2D eigenvalue weighted by Gasteiger charge is 2.33. The molecule has 1 fully saturated rings. The van der Waals surface area contributed by atoms with Crippen molar-refractivity contribution in [2.75, 3.05) is 20.8 Å². The van der Waals surface area contributed by atoms with E-state index in [4.69, 9.17) is 9.47 Å². The number of carbonyl (C=O) groups is 2. The molecule has 2 rings (SSSR count). The number of piperidine rings is 1. The molecule has 26 heavy (non-hydrogen) atoms. The fraction of sp³-hybridized carbons (Fsp3) is 0.600. The van der Waals surface area contributed by atoms with Crippen molar-refractivity contribution in [3.05, 3.63) is 23.8 Å². The Bertz CT molecular complexity index is 645. The predicted octanol–water partition coefficient (Wildman–Crippen LogP) is 2.92. The molecular weight excluding hydrogens is 332 g/mol. The maximum Gasteiger partial charge on any atom is 0.243 e. The minimum Gasteiger partial charge on any atom is -0.497 e. The van der Waals surface area contributed by atoms with Crippen LogP contribution >= 0.6 is 0 Å². The maximum absolute atomic E-state index is 12.9. The number of nitrogens with zero attached hydrogens (tertiary/aromatic N) is 1. The summed E-state index contributed by atoms with van der Waals surface area (Å²) >= 11 is 0. The zero-order chi connectivity index (χ0) is 19.3. The summed E-state index contributed by atoms with van der Waals surface area (Å²) < 4.78 is 10.7. The Hall–Kier alpha value is -2.24. The first-order chi connectivity index (χ1) is 12.4. The molecule has 1 saturated heterocycles. The van der Waals surface area contributed by atoms with Gasteiger partial charge in [-0.2, -0.15) is 0 Å². The van der Waals surface area contributed by atoms with Crippen molar-refractivity contribution in [1.82, 2.24) is 10.2 Å². The van der Waals surface area contributed by atoms with Gasteiger partial charge in [-0.05, 0) is 44.4 Å². The molecule has 1 heterocycles. The van der Waals surface area contributed by atoms with E-state index in [1.54, 1.807) is 19.1 Å². The monoisotopic (exact) mass is 362 g/mol. The van der Waals surface area contributed by atoms with Crippen molar-refractivity contribution in [2.24, 2.45) is 5.92 Å². The number of methoxy groups -OCH3 is 2. The molecule has 6 nitrogen and oxygen atoms in total. The first kappa shape index (κ1) is 20.1. The van der Waals surface area contributed by atoms with Crippen molar-refractivity contribution in [1.29, 1.82) is 0 Å². The third kappa shape index (κ3) is 4.48. The van der Waals surface area contributed by atoms with Crippen LogP contribution in [0, 0.1) is 5.92 Å². The number of ether oxygens (including phenoxy) is 2. The number of benzene rings is 1. The van der Waals surface area contributed by atoms with Crippen molar-refractivity contribution < 1.29 is 19.1 Å². The first-order valence-corrected chi connectivity index (χ1v) is 9.21. The SMILES string of the molecule is COc1ccc(OC)c([C@@H](C)NC(=O)[C@@H]2CCCCN2C(=O)C(C)C)c1. The molecule has 0 aliphatic carbocycles. The van der Waals surface area contributed by atoms with Gasteiger partial charge in [0.25, 0.3) is 0 Å². The van der Waals surface area contributed by atoms with Crippen LogP contribution < -0.4 is 14.8 Å². The Kier molecular flexibility index (Phi) is 6.89. The lowest BCUT2D eigenvalue weighted by atomic mass is 9.98. The third-order valence-electron chi connectivity index (χ3n) is 4.84. The molecule has 1 aliphatic rings. The smallest absolute Gasteiger partial charge is 0.243 e. The van der Waals surface area contributed by atoms with Crippen molar-refractivity contribution >= 4 is 11.8 Å². The number of nitrogens with one attached hydrogen (secondary N) is 1. The zero-order valence-electron chi connectivity index (χ0n) is 16.4. The third-order valence-corrected chi connectivity index (χ3v) is 4.84. The molecule has 2 atom stereocenters. The maximum atomic E-state index is 12.9. The van der Waals surface area contributed by atoms with E-state index in [1.165, 1.54) is 0 Å². The van der Waals surface area contributed by atoms with Crippen LogP contribution in [0.4, 0.5) is 0 Å². The van der Waals surface area contributed by atoms with Gasteiger partial charge in [-0.25, -0.2) is 0 Å². The van der Waals surface area contributed by atoms with E-state index in [0.29, 0.717) is 24.5 Å². The number of amides is 2. The molecule has 1 aromatic carbocycles. The molecule has 0 unspecified atom stereocenters. The molecule has 0 spiro atoms. The molecule has 1 N–H and O–H groups in total. The van der Waals surface area contributed by atoms with Gasteiger partial charge < -0.3 is 19.7 Å². The topological polar surface area (TPSA) is 67.9 Å². The first-order valence-electron chi connectivity index (χ1n) is 9.21. The molecule has 1 aliphatic heterocycles. The van der Waals surface area contributed by atoms with Crippen molar-refractivity contribution in [2.45, 2.75) is 52.1 Å². The Labute approximate surface area is 155 Å². The van der Waals surface area contributed by atoms with E-state index < -0.39 is 6.04 Å². The quantitative estimate of drug-likeness (QED) is 0.845. The van der Waals surface area contributed by atoms with Crippen molar-refractivity contribution in [3.63, 3.8) is 0 Å². The van der Waals surface area contributed by atoms with Gasteiger partial charge in [-0.15, -0.1) is 0 Å². The minimum absolute atomic E-state index is 0.0384. The molecule has 144 valence electrons. The average molecular weight is 362 g/mol. The molecule has 2 amide bonds. The van der Waals surface area contributed by atoms with Crippen LogP contribution in [0.2, 0.25) is 0 Å². The van der Waals surface area contributed by atoms with E-state index in [1.807, 2.05) is 39.0 Å². The normalized spacial score (nSPS) is 18.4. The number of hydrogen-bond acceptors (Lipinski definition) is 4. The molecule has 1 aromatic rings. The summed E-state index contributed by atoms with van der Waals surface area (Å²) in [6.45, 7) is 6.30. The molecule has 6 heteroatoms. The predicted molar refractivity (Wildman–Crippen MR) is 100 cm³/mol. The number of carbonyl (C=O) groups excluding carboxylic acids is 2. The van der Waals surface area contributed by atoms with E-state index in [9.17, 15) is 9.59 Å². The van der Waals surface area contributed by atoms with E-state index >= 15 is 0 Å². The van der Waals surface area contributed by atoms with Crippen LogP contribution in [0.15, 0.2) is 18.2 Å². The van der Waals surface area contributed by atoms with Crippen molar-refractivity contribution in [3.8, 4) is 11.5 Å². The van der Waals surface area contributed by atoms with E-state index in [2.05, 4.69) is 5.32 Å². The lowest BCUT2D eigenvalue weighted by molar-refractivity contribution is -0.144.